The minimum Gasteiger partial charge on any atom is -0.481 e. The van der Waals surface area contributed by atoms with Gasteiger partial charge in [-0.2, -0.15) is 0 Å². The predicted octanol–water partition coefficient (Wildman–Crippen LogP) is 1.63. The first-order valence-electron chi connectivity index (χ1n) is 6.15. The molecule has 2 rings (SSSR count). The maximum Gasteiger partial charge on any atom is 0.308 e. The largest absolute Gasteiger partial charge is 0.481 e. The van der Waals surface area contributed by atoms with Gasteiger partial charge in [0.05, 0.1) is 5.92 Å². The van der Waals surface area contributed by atoms with Crippen LogP contribution in [-0.4, -0.2) is 23.5 Å². The number of benzene rings is 1. The van der Waals surface area contributed by atoms with E-state index in [0.717, 1.165) is 6.42 Å². The van der Waals surface area contributed by atoms with Gasteiger partial charge in [0.2, 0.25) is 5.91 Å². The van der Waals surface area contributed by atoms with Gasteiger partial charge in [0.25, 0.3) is 0 Å². The summed E-state index contributed by atoms with van der Waals surface area (Å²) in [5.41, 5.74) is 1.18. The van der Waals surface area contributed by atoms with Crippen molar-refractivity contribution in [1.29, 1.82) is 0 Å². The Labute approximate surface area is 106 Å². The van der Waals surface area contributed by atoms with E-state index in [1.807, 2.05) is 30.3 Å². The van der Waals surface area contributed by atoms with Crippen molar-refractivity contribution in [3.8, 4) is 0 Å². The predicted molar refractivity (Wildman–Crippen MR) is 67.1 cm³/mol. The number of carboxylic acid groups (broad SMARTS) is 1. The molecule has 0 aromatic heterocycles. The second-order valence-corrected chi connectivity index (χ2v) is 4.84. The number of carboxylic acids is 1. The highest BCUT2D eigenvalue weighted by Gasteiger charge is 2.43. The summed E-state index contributed by atoms with van der Waals surface area (Å²) in [6.45, 7) is 1.79. The molecular weight excluding hydrogens is 230 g/mol. The van der Waals surface area contributed by atoms with Crippen molar-refractivity contribution in [2.75, 3.05) is 6.54 Å². The SMILES string of the molecule is CC(CNC(=O)C1CC1c1ccccc1)C(=O)O. The summed E-state index contributed by atoms with van der Waals surface area (Å²) >= 11 is 0. The zero-order valence-corrected chi connectivity index (χ0v) is 10.3. The van der Waals surface area contributed by atoms with Gasteiger partial charge in [0.1, 0.15) is 0 Å². The number of aliphatic carboxylic acids is 1. The molecule has 1 aromatic carbocycles. The molecule has 0 spiro atoms. The van der Waals surface area contributed by atoms with Crippen molar-refractivity contribution in [2.45, 2.75) is 19.3 Å². The van der Waals surface area contributed by atoms with Crippen LogP contribution < -0.4 is 5.32 Å². The smallest absolute Gasteiger partial charge is 0.308 e. The summed E-state index contributed by atoms with van der Waals surface area (Å²) in [7, 11) is 0. The van der Waals surface area contributed by atoms with Crippen molar-refractivity contribution < 1.29 is 14.7 Å². The first-order valence-corrected chi connectivity index (χ1v) is 6.15. The molecule has 0 aliphatic heterocycles. The van der Waals surface area contributed by atoms with Gasteiger partial charge in [-0.1, -0.05) is 37.3 Å². The van der Waals surface area contributed by atoms with Crippen LogP contribution in [0.1, 0.15) is 24.8 Å². The summed E-state index contributed by atoms with van der Waals surface area (Å²) in [6, 6.07) is 9.94. The fraction of sp³-hybridized carbons (Fsp3) is 0.429. The Morgan fingerprint density at radius 3 is 2.67 bits per heavy atom. The van der Waals surface area contributed by atoms with E-state index in [-0.39, 0.29) is 18.4 Å². The molecule has 96 valence electrons. The summed E-state index contributed by atoms with van der Waals surface area (Å²) in [4.78, 5) is 22.4. The second kappa shape index (κ2) is 5.21. The number of hydrogen-bond acceptors (Lipinski definition) is 2. The van der Waals surface area contributed by atoms with Gasteiger partial charge in [-0.3, -0.25) is 9.59 Å². The molecule has 4 nitrogen and oxygen atoms in total. The van der Waals surface area contributed by atoms with E-state index in [9.17, 15) is 9.59 Å². The molecule has 0 bridgehead atoms. The lowest BCUT2D eigenvalue weighted by molar-refractivity contribution is -0.141. The van der Waals surface area contributed by atoms with Gasteiger partial charge < -0.3 is 10.4 Å². The molecule has 1 aliphatic rings. The maximum atomic E-state index is 11.8. The molecule has 1 aromatic rings. The number of rotatable bonds is 5. The standard InChI is InChI=1S/C14H17NO3/c1-9(14(17)18)8-15-13(16)12-7-11(12)10-5-3-2-4-6-10/h2-6,9,11-12H,7-8H2,1H3,(H,15,16)(H,17,18). The Hall–Kier alpha value is -1.84. The molecule has 3 atom stereocenters. The van der Waals surface area contributed by atoms with Gasteiger partial charge >= 0.3 is 5.97 Å². The zero-order chi connectivity index (χ0) is 13.1. The minimum absolute atomic E-state index is 0.00777. The molecule has 18 heavy (non-hydrogen) atoms. The van der Waals surface area contributed by atoms with Crippen LogP contribution in [-0.2, 0) is 9.59 Å². The lowest BCUT2D eigenvalue weighted by Crippen LogP contribution is -2.32. The fourth-order valence-corrected chi connectivity index (χ4v) is 2.03. The highest BCUT2D eigenvalue weighted by atomic mass is 16.4. The van der Waals surface area contributed by atoms with E-state index in [0.29, 0.717) is 5.92 Å². The Kier molecular flexibility index (Phi) is 3.65. The van der Waals surface area contributed by atoms with E-state index < -0.39 is 11.9 Å². The molecule has 0 heterocycles. The van der Waals surface area contributed by atoms with Crippen LogP contribution in [0.2, 0.25) is 0 Å². The van der Waals surface area contributed by atoms with E-state index in [2.05, 4.69) is 5.32 Å². The average molecular weight is 247 g/mol. The lowest BCUT2D eigenvalue weighted by atomic mass is 10.1. The number of carbonyl (C=O) groups excluding carboxylic acids is 1. The molecule has 2 N–H and O–H groups in total. The number of amides is 1. The number of nitrogens with one attached hydrogen (secondary N) is 1. The third kappa shape index (κ3) is 2.88. The van der Waals surface area contributed by atoms with Crippen LogP contribution in [0.3, 0.4) is 0 Å². The Bertz CT molecular complexity index is 444. The molecule has 3 unspecified atom stereocenters. The molecule has 1 fully saturated rings. The Morgan fingerprint density at radius 1 is 1.39 bits per heavy atom. The van der Waals surface area contributed by atoms with Crippen LogP contribution in [0.4, 0.5) is 0 Å². The lowest BCUT2D eigenvalue weighted by Gasteiger charge is -2.08. The van der Waals surface area contributed by atoms with Crippen LogP contribution >= 0.6 is 0 Å². The second-order valence-electron chi connectivity index (χ2n) is 4.84. The third-order valence-corrected chi connectivity index (χ3v) is 3.36. The normalized spacial score (nSPS) is 23.2. The first kappa shape index (κ1) is 12.6. The van der Waals surface area contributed by atoms with Gasteiger partial charge in [-0.15, -0.1) is 0 Å². The Morgan fingerprint density at radius 2 is 2.06 bits per heavy atom. The summed E-state index contributed by atoms with van der Waals surface area (Å²) < 4.78 is 0. The summed E-state index contributed by atoms with van der Waals surface area (Å²) in [6.07, 6.45) is 0.858. The highest BCUT2D eigenvalue weighted by Crippen LogP contribution is 2.47. The van der Waals surface area contributed by atoms with Crippen molar-refractivity contribution in [3.05, 3.63) is 35.9 Å². The average Bonchev–Trinajstić information content (AvgIpc) is 3.16. The quantitative estimate of drug-likeness (QED) is 0.831. The van der Waals surface area contributed by atoms with E-state index in [1.165, 1.54) is 5.56 Å². The van der Waals surface area contributed by atoms with Crippen LogP contribution in [0.25, 0.3) is 0 Å². The molecule has 1 amide bonds. The number of carbonyl (C=O) groups is 2. The highest BCUT2D eigenvalue weighted by molar-refractivity contribution is 5.83. The summed E-state index contributed by atoms with van der Waals surface area (Å²) in [5, 5.41) is 11.4. The number of hydrogen-bond donors (Lipinski definition) is 2. The first-order chi connectivity index (χ1) is 8.59. The van der Waals surface area contributed by atoms with E-state index in [1.54, 1.807) is 6.92 Å². The molecular formula is C14H17NO3. The van der Waals surface area contributed by atoms with E-state index >= 15 is 0 Å². The van der Waals surface area contributed by atoms with Gasteiger partial charge in [-0.05, 0) is 17.9 Å². The van der Waals surface area contributed by atoms with Crippen molar-refractivity contribution in [1.82, 2.24) is 5.32 Å². The van der Waals surface area contributed by atoms with Crippen LogP contribution in [0.15, 0.2) is 30.3 Å². The van der Waals surface area contributed by atoms with Crippen LogP contribution in [0.5, 0.6) is 0 Å². The fourth-order valence-electron chi connectivity index (χ4n) is 2.03. The zero-order valence-electron chi connectivity index (χ0n) is 10.3. The topological polar surface area (TPSA) is 66.4 Å². The maximum absolute atomic E-state index is 11.8. The van der Waals surface area contributed by atoms with Crippen molar-refractivity contribution >= 4 is 11.9 Å². The van der Waals surface area contributed by atoms with Gasteiger partial charge in [0.15, 0.2) is 0 Å². The van der Waals surface area contributed by atoms with Gasteiger partial charge in [0, 0.05) is 12.5 Å². The monoisotopic (exact) mass is 247 g/mol. The van der Waals surface area contributed by atoms with Crippen molar-refractivity contribution in [2.24, 2.45) is 11.8 Å². The van der Waals surface area contributed by atoms with Gasteiger partial charge in [-0.25, -0.2) is 0 Å². The molecule has 1 aliphatic carbocycles. The molecule has 1 saturated carbocycles. The Balaban J connectivity index is 1.81. The third-order valence-electron chi connectivity index (χ3n) is 3.36. The minimum atomic E-state index is -0.884. The molecule has 0 saturated heterocycles. The van der Waals surface area contributed by atoms with E-state index in [4.69, 9.17) is 5.11 Å². The van der Waals surface area contributed by atoms with Crippen LogP contribution in [0, 0.1) is 11.8 Å². The summed E-state index contributed by atoms with van der Waals surface area (Å²) in [5.74, 6) is -1.15. The van der Waals surface area contributed by atoms with Crippen molar-refractivity contribution in [3.63, 3.8) is 0 Å². The molecule has 4 heteroatoms. The molecule has 0 radical (unpaired) electrons.